The lowest BCUT2D eigenvalue weighted by Crippen LogP contribution is -2.14. The number of hydrogen-bond acceptors (Lipinski definition) is 5. The van der Waals surface area contributed by atoms with Crippen LogP contribution in [0, 0.1) is 13.8 Å². The molecule has 2 rings (SSSR count). The normalized spacial score (nSPS) is 11.0. The first-order valence-electron chi connectivity index (χ1n) is 7.24. The third kappa shape index (κ3) is 4.42. The molecule has 0 aliphatic carbocycles. The summed E-state index contributed by atoms with van der Waals surface area (Å²) in [6.07, 6.45) is 0. The third-order valence-electron chi connectivity index (χ3n) is 3.18. The van der Waals surface area contributed by atoms with E-state index >= 15 is 0 Å². The molecule has 126 valence electrons. The van der Waals surface area contributed by atoms with Crippen molar-refractivity contribution in [3.63, 3.8) is 0 Å². The lowest BCUT2D eigenvalue weighted by molar-refractivity contribution is 0.601. The SMILES string of the molecule is C=C(C)C(=C)Nc1ccc(S(=O)(=O)Nc2cc(C)nc(C)n2)cc1. The Bertz CT molecular complexity index is 867. The van der Waals surface area contributed by atoms with E-state index in [1.807, 2.05) is 6.92 Å². The van der Waals surface area contributed by atoms with E-state index in [1.165, 1.54) is 12.1 Å². The van der Waals surface area contributed by atoms with Gasteiger partial charge in [0.1, 0.15) is 11.6 Å². The molecule has 0 aliphatic heterocycles. The average Bonchev–Trinajstić information content (AvgIpc) is 2.46. The maximum absolute atomic E-state index is 12.4. The van der Waals surface area contributed by atoms with E-state index in [0.29, 0.717) is 17.2 Å². The van der Waals surface area contributed by atoms with Gasteiger partial charge in [0.2, 0.25) is 0 Å². The van der Waals surface area contributed by atoms with Gasteiger partial charge < -0.3 is 5.32 Å². The van der Waals surface area contributed by atoms with Gasteiger partial charge in [0.05, 0.1) is 4.90 Å². The van der Waals surface area contributed by atoms with Crippen molar-refractivity contribution >= 4 is 21.5 Å². The second-order valence-electron chi connectivity index (χ2n) is 5.46. The first-order chi connectivity index (χ1) is 11.2. The zero-order valence-corrected chi connectivity index (χ0v) is 14.7. The fraction of sp³-hybridized carbons (Fsp3) is 0.176. The summed E-state index contributed by atoms with van der Waals surface area (Å²) in [7, 11) is -3.72. The zero-order valence-electron chi connectivity index (χ0n) is 13.9. The molecule has 0 unspecified atom stereocenters. The van der Waals surface area contributed by atoms with Crippen LogP contribution in [0.4, 0.5) is 11.5 Å². The van der Waals surface area contributed by atoms with Crippen molar-refractivity contribution < 1.29 is 8.42 Å². The van der Waals surface area contributed by atoms with Gasteiger partial charge >= 0.3 is 0 Å². The van der Waals surface area contributed by atoms with Crippen LogP contribution in [0.5, 0.6) is 0 Å². The van der Waals surface area contributed by atoms with Gasteiger partial charge in [-0.1, -0.05) is 13.2 Å². The summed E-state index contributed by atoms with van der Waals surface area (Å²) in [6.45, 7) is 13.0. The molecule has 24 heavy (non-hydrogen) atoms. The number of aromatic nitrogens is 2. The predicted molar refractivity (Wildman–Crippen MR) is 96.3 cm³/mol. The highest BCUT2D eigenvalue weighted by Crippen LogP contribution is 2.19. The Kier molecular flexibility index (Phi) is 5.04. The van der Waals surface area contributed by atoms with Crippen LogP contribution in [-0.2, 0) is 10.0 Å². The zero-order chi connectivity index (χ0) is 17.9. The van der Waals surface area contributed by atoms with Crippen molar-refractivity contribution in [1.29, 1.82) is 0 Å². The highest BCUT2D eigenvalue weighted by molar-refractivity contribution is 7.92. The van der Waals surface area contributed by atoms with Gasteiger partial charge in [-0.3, -0.25) is 4.72 Å². The van der Waals surface area contributed by atoms with Crippen LogP contribution in [0.15, 0.2) is 59.7 Å². The Labute approximate surface area is 142 Å². The maximum atomic E-state index is 12.4. The van der Waals surface area contributed by atoms with Crippen LogP contribution in [0.1, 0.15) is 18.4 Å². The fourth-order valence-electron chi connectivity index (χ4n) is 1.96. The molecule has 0 aliphatic rings. The van der Waals surface area contributed by atoms with Crippen molar-refractivity contribution in [3.8, 4) is 0 Å². The molecule has 1 aromatic heterocycles. The highest BCUT2D eigenvalue weighted by Gasteiger charge is 2.15. The topological polar surface area (TPSA) is 84.0 Å². The van der Waals surface area contributed by atoms with E-state index in [4.69, 9.17) is 0 Å². The van der Waals surface area contributed by atoms with Crippen molar-refractivity contribution in [2.75, 3.05) is 10.0 Å². The number of sulfonamides is 1. The molecular weight excluding hydrogens is 324 g/mol. The Morgan fingerprint density at radius 2 is 1.71 bits per heavy atom. The van der Waals surface area contributed by atoms with Crippen LogP contribution in [0.25, 0.3) is 0 Å². The van der Waals surface area contributed by atoms with Crippen molar-refractivity contribution in [3.05, 3.63) is 66.3 Å². The number of aryl methyl sites for hydroxylation is 2. The summed E-state index contributed by atoms with van der Waals surface area (Å²) in [5.74, 6) is 0.753. The summed E-state index contributed by atoms with van der Waals surface area (Å²) < 4.78 is 27.3. The molecule has 0 spiro atoms. The molecule has 1 heterocycles. The molecule has 7 heteroatoms. The van der Waals surface area contributed by atoms with Crippen molar-refractivity contribution in [2.24, 2.45) is 0 Å². The summed E-state index contributed by atoms with van der Waals surface area (Å²) in [5.41, 5.74) is 2.91. The molecule has 2 N–H and O–H groups in total. The Hall–Kier alpha value is -2.67. The molecule has 0 saturated heterocycles. The average molecular weight is 344 g/mol. The standard InChI is InChI=1S/C17H20N4O2S/c1-11(2)13(4)19-15-6-8-16(9-7-15)24(22,23)21-17-10-12(3)18-14(5)20-17/h6-10,19H,1,4H2,2-3,5H3,(H,18,20,21). The van der Waals surface area contributed by atoms with Crippen LogP contribution in [0.2, 0.25) is 0 Å². The van der Waals surface area contributed by atoms with Gasteiger partial charge in [0, 0.05) is 23.1 Å². The lowest BCUT2D eigenvalue weighted by atomic mass is 10.2. The number of rotatable bonds is 6. The number of allylic oxidation sites excluding steroid dienone is 1. The molecule has 0 saturated carbocycles. The largest absolute Gasteiger partial charge is 0.356 e. The Morgan fingerprint density at radius 1 is 1.08 bits per heavy atom. The van der Waals surface area contributed by atoms with E-state index in [9.17, 15) is 8.42 Å². The summed E-state index contributed by atoms with van der Waals surface area (Å²) in [6, 6.07) is 7.93. The predicted octanol–water partition coefficient (Wildman–Crippen LogP) is 3.40. The number of hydrogen-bond donors (Lipinski definition) is 2. The molecule has 1 aromatic carbocycles. The summed E-state index contributed by atoms with van der Waals surface area (Å²) in [5, 5.41) is 3.05. The van der Waals surface area contributed by atoms with E-state index in [2.05, 4.69) is 33.2 Å². The van der Waals surface area contributed by atoms with Crippen LogP contribution >= 0.6 is 0 Å². The number of nitrogens with zero attached hydrogens (tertiary/aromatic N) is 2. The van der Waals surface area contributed by atoms with Crippen LogP contribution in [-0.4, -0.2) is 18.4 Å². The van der Waals surface area contributed by atoms with Gasteiger partial charge in [-0.05, 0) is 50.6 Å². The van der Waals surface area contributed by atoms with Gasteiger partial charge in [0.15, 0.2) is 0 Å². The summed E-state index contributed by atoms with van der Waals surface area (Å²) in [4.78, 5) is 8.35. The third-order valence-corrected chi connectivity index (χ3v) is 4.55. The van der Waals surface area contributed by atoms with Gasteiger partial charge in [-0.25, -0.2) is 18.4 Å². The van der Waals surface area contributed by atoms with E-state index in [-0.39, 0.29) is 10.7 Å². The number of anilines is 2. The van der Waals surface area contributed by atoms with E-state index in [0.717, 1.165) is 11.3 Å². The molecular formula is C17H20N4O2S. The second kappa shape index (κ2) is 6.84. The van der Waals surface area contributed by atoms with E-state index < -0.39 is 10.0 Å². The Morgan fingerprint density at radius 3 is 2.25 bits per heavy atom. The molecule has 0 bridgehead atoms. The van der Waals surface area contributed by atoms with Crippen LogP contribution in [0.3, 0.4) is 0 Å². The molecule has 0 radical (unpaired) electrons. The quantitative estimate of drug-likeness (QED) is 0.785. The molecule has 0 amide bonds. The molecule has 0 atom stereocenters. The van der Waals surface area contributed by atoms with Crippen molar-refractivity contribution in [2.45, 2.75) is 25.7 Å². The highest BCUT2D eigenvalue weighted by atomic mass is 32.2. The molecule has 2 aromatic rings. The minimum Gasteiger partial charge on any atom is -0.356 e. The van der Waals surface area contributed by atoms with E-state index in [1.54, 1.807) is 32.0 Å². The van der Waals surface area contributed by atoms with Crippen LogP contribution < -0.4 is 10.0 Å². The maximum Gasteiger partial charge on any atom is 0.263 e. The Balaban J connectivity index is 2.20. The van der Waals surface area contributed by atoms with Crippen molar-refractivity contribution in [1.82, 2.24) is 9.97 Å². The lowest BCUT2D eigenvalue weighted by Gasteiger charge is -2.11. The molecule has 0 fully saturated rings. The van der Waals surface area contributed by atoms with Gasteiger partial charge in [-0.15, -0.1) is 0 Å². The minimum atomic E-state index is -3.72. The number of benzene rings is 1. The monoisotopic (exact) mass is 344 g/mol. The summed E-state index contributed by atoms with van der Waals surface area (Å²) >= 11 is 0. The fourth-order valence-corrected chi connectivity index (χ4v) is 2.96. The minimum absolute atomic E-state index is 0.142. The first kappa shape index (κ1) is 17.7. The molecule has 6 nitrogen and oxygen atoms in total. The smallest absolute Gasteiger partial charge is 0.263 e. The second-order valence-corrected chi connectivity index (χ2v) is 7.14. The van der Waals surface area contributed by atoms with Gasteiger partial charge in [0.25, 0.3) is 10.0 Å². The van der Waals surface area contributed by atoms with Gasteiger partial charge in [-0.2, -0.15) is 0 Å². The number of nitrogens with one attached hydrogen (secondary N) is 2. The first-order valence-corrected chi connectivity index (χ1v) is 8.72.